The van der Waals surface area contributed by atoms with Crippen molar-refractivity contribution in [3.8, 4) is 5.75 Å². The van der Waals surface area contributed by atoms with E-state index in [-0.39, 0.29) is 18.6 Å². The van der Waals surface area contributed by atoms with Gasteiger partial charge < -0.3 is 15.8 Å². The summed E-state index contributed by atoms with van der Waals surface area (Å²) in [4.78, 5) is 28.6. The third kappa shape index (κ3) is 5.62. The number of para-hydroxylation sites is 1. The minimum absolute atomic E-state index is 0.187. The molecule has 1 unspecified atom stereocenters. The number of aromatic nitrogens is 3. The molecule has 0 saturated heterocycles. The van der Waals surface area contributed by atoms with Gasteiger partial charge >= 0.3 is 0 Å². The van der Waals surface area contributed by atoms with Crippen LogP contribution in [-0.2, 0) is 13.2 Å². The zero-order valence-corrected chi connectivity index (χ0v) is 17.8. The van der Waals surface area contributed by atoms with Crippen LogP contribution in [0.15, 0.2) is 91.5 Å². The number of amides is 2. The number of carbonyl (C=O) groups is 2. The van der Waals surface area contributed by atoms with Crippen molar-refractivity contribution >= 4 is 11.8 Å². The zero-order valence-electron chi connectivity index (χ0n) is 17.8. The van der Waals surface area contributed by atoms with Gasteiger partial charge in [0.15, 0.2) is 0 Å². The van der Waals surface area contributed by atoms with Crippen LogP contribution in [0.3, 0.4) is 0 Å². The highest BCUT2D eigenvalue weighted by Crippen LogP contribution is 2.20. The van der Waals surface area contributed by atoms with Crippen LogP contribution >= 0.6 is 0 Å². The minimum Gasteiger partial charge on any atom is -0.488 e. The lowest BCUT2D eigenvalue weighted by Gasteiger charge is -2.19. The van der Waals surface area contributed by atoms with Crippen LogP contribution in [-0.4, -0.2) is 26.6 Å². The number of benzene rings is 3. The largest absolute Gasteiger partial charge is 0.488 e. The molecule has 0 radical (unpaired) electrons. The number of primary amides is 1. The van der Waals surface area contributed by atoms with Crippen LogP contribution in [0.4, 0.5) is 0 Å². The number of carbonyl (C=O) groups excluding carboxylic acids is 2. The predicted octanol–water partition coefficient (Wildman–Crippen LogP) is 3.13. The molecule has 1 heterocycles. The SMILES string of the molecule is NC(=O)c1ccccc1OCc1cccc(C(=O)NC(Cn2cncn2)c2ccccc2)c1. The first-order valence-corrected chi connectivity index (χ1v) is 10.4. The van der Waals surface area contributed by atoms with Gasteiger partial charge in [0, 0.05) is 5.56 Å². The molecule has 0 aliphatic carbocycles. The fraction of sp³-hybridized carbons (Fsp3) is 0.120. The van der Waals surface area contributed by atoms with Gasteiger partial charge in [0.2, 0.25) is 0 Å². The Morgan fingerprint density at radius 2 is 1.79 bits per heavy atom. The lowest BCUT2D eigenvalue weighted by Crippen LogP contribution is -2.31. The summed E-state index contributed by atoms with van der Waals surface area (Å²) in [6.07, 6.45) is 3.08. The Bertz CT molecular complexity index is 1230. The van der Waals surface area contributed by atoms with Crippen molar-refractivity contribution in [2.24, 2.45) is 5.73 Å². The number of hydrogen-bond acceptors (Lipinski definition) is 5. The Balaban J connectivity index is 1.48. The lowest BCUT2D eigenvalue weighted by molar-refractivity contribution is 0.0930. The molecular formula is C25H23N5O3. The van der Waals surface area contributed by atoms with E-state index in [9.17, 15) is 9.59 Å². The van der Waals surface area contributed by atoms with Gasteiger partial charge in [-0.1, -0.05) is 54.6 Å². The third-order valence-corrected chi connectivity index (χ3v) is 5.08. The molecule has 1 aromatic heterocycles. The number of hydrogen-bond donors (Lipinski definition) is 2. The first-order chi connectivity index (χ1) is 16.1. The first-order valence-electron chi connectivity index (χ1n) is 10.4. The quantitative estimate of drug-likeness (QED) is 0.414. The highest BCUT2D eigenvalue weighted by Gasteiger charge is 2.17. The van der Waals surface area contributed by atoms with E-state index in [1.807, 2.05) is 36.4 Å². The van der Waals surface area contributed by atoms with Crippen LogP contribution in [0, 0.1) is 0 Å². The standard InChI is InChI=1S/C25H23N5O3/c26-24(31)21-11-4-5-12-23(21)33-15-18-7-6-10-20(13-18)25(32)29-22(14-30-17-27-16-28-30)19-8-2-1-3-9-19/h1-13,16-17,22H,14-15H2,(H2,26,31)(H,29,32). The van der Waals surface area contributed by atoms with E-state index in [0.29, 0.717) is 23.4 Å². The predicted molar refractivity (Wildman–Crippen MR) is 122 cm³/mol. The second kappa shape index (κ2) is 10.2. The molecule has 0 spiro atoms. The molecule has 8 nitrogen and oxygen atoms in total. The van der Waals surface area contributed by atoms with Crippen LogP contribution in [0.2, 0.25) is 0 Å². The Hall–Kier alpha value is -4.46. The van der Waals surface area contributed by atoms with Crippen molar-refractivity contribution in [2.75, 3.05) is 0 Å². The molecule has 166 valence electrons. The summed E-state index contributed by atoms with van der Waals surface area (Å²) in [6, 6.07) is 23.4. The number of rotatable bonds is 9. The highest BCUT2D eigenvalue weighted by molar-refractivity contribution is 5.95. The van der Waals surface area contributed by atoms with Crippen LogP contribution < -0.4 is 15.8 Å². The van der Waals surface area contributed by atoms with E-state index in [2.05, 4.69) is 15.4 Å². The summed E-state index contributed by atoms with van der Waals surface area (Å²) in [5.74, 6) is -0.377. The molecule has 8 heteroatoms. The van der Waals surface area contributed by atoms with E-state index in [4.69, 9.17) is 10.5 Å². The summed E-state index contributed by atoms with van der Waals surface area (Å²) < 4.78 is 7.47. The molecule has 4 aromatic rings. The fourth-order valence-electron chi connectivity index (χ4n) is 3.43. The highest BCUT2D eigenvalue weighted by atomic mass is 16.5. The summed E-state index contributed by atoms with van der Waals surface area (Å²) >= 11 is 0. The van der Waals surface area contributed by atoms with E-state index < -0.39 is 5.91 Å². The maximum atomic E-state index is 13.1. The second-order valence-electron chi connectivity index (χ2n) is 7.40. The van der Waals surface area contributed by atoms with Crippen molar-refractivity contribution < 1.29 is 14.3 Å². The Labute approximate surface area is 191 Å². The van der Waals surface area contributed by atoms with Gasteiger partial charge in [0.25, 0.3) is 11.8 Å². The molecule has 3 aromatic carbocycles. The molecular weight excluding hydrogens is 418 g/mol. The van der Waals surface area contributed by atoms with E-state index in [1.54, 1.807) is 53.5 Å². The molecule has 2 amide bonds. The van der Waals surface area contributed by atoms with Gasteiger partial charge in [-0.3, -0.25) is 14.3 Å². The molecule has 0 aliphatic rings. The van der Waals surface area contributed by atoms with Crippen molar-refractivity contribution in [1.82, 2.24) is 20.1 Å². The number of nitrogens with one attached hydrogen (secondary N) is 1. The van der Waals surface area contributed by atoms with E-state index >= 15 is 0 Å². The van der Waals surface area contributed by atoms with Gasteiger partial charge in [-0.25, -0.2) is 4.98 Å². The maximum Gasteiger partial charge on any atom is 0.252 e. The summed E-state index contributed by atoms with van der Waals surface area (Å²) in [5.41, 5.74) is 7.97. The second-order valence-corrected chi connectivity index (χ2v) is 7.40. The van der Waals surface area contributed by atoms with Crippen LogP contribution in [0.1, 0.15) is 37.9 Å². The molecule has 0 fully saturated rings. The van der Waals surface area contributed by atoms with Crippen molar-refractivity contribution in [3.63, 3.8) is 0 Å². The monoisotopic (exact) mass is 441 g/mol. The maximum absolute atomic E-state index is 13.1. The summed E-state index contributed by atoms with van der Waals surface area (Å²) in [6.45, 7) is 0.634. The van der Waals surface area contributed by atoms with Crippen LogP contribution in [0.5, 0.6) is 5.75 Å². The Kier molecular flexibility index (Phi) is 6.75. The van der Waals surface area contributed by atoms with Gasteiger partial charge in [-0.15, -0.1) is 0 Å². The Morgan fingerprint density at radius 1 is 1.00 bits per heavy atom. The van der Waals surface area contributed by atoms with E-state index in [1.165, 1.54) is 6.33 Å². The van der Waals surface area contributed by atoms with Crippen LogP contribution in [0.25, 0.3) is 0 Å². The topological polar surface area (TPSA) is 112 Å². The Morgan fingerprint density at radius 3 is 2.55 bits per heavy atom. The summed E-state index contributed by atoms with van der Waals surface area (Å²) in [5, 5.41) is 7.24. The normalized spacial score (nSPS) is 11.5. The van der Waals surface area contributed by atoms with Crippen molar-refractivity contribution in [3.05, 3.63) is 114 Å². The molecule has 0 saturated carbocycles. The third-order valence-electron chi connectivity index (χ3n) is 5.08. The average molecular weight is 441 g/mol. The molecule has 1 atom stereocenters. The minimum atomic E-state index is -0.557. The number of nitrogens with zero attached hydrogens (tertiary/aromatic N) is 3. The van der Waals surface area contributed by atoms with E-state index in [0.717, 1.165) is 11.1 Å². The van der Waals surface area contributed by atoms with Gasteiger partial charge in [0.1, 0.15) is 25.0 Å². The molecule has 4 rings (SSSR count). The fourth-order valence-corrected chi connectivity index (χ4v) is 3.43. The first kappa shape index (κ1) is 21.8. The zero-order chi connectivity index (χ0) is 23.0. The van der Waals surface area contributed by atoms with Gasteiger partial charge in [-0.2, -0.15) is 5.10 Å². The van der Waals surface area contributed by atoms with Crippen molar-refractivity contribution in [1.29, 1.82) is 0 Å². The average Bonchev–Trinajstić information content (AvgIpc) is 3.36. The molecule has 3 N–H and O–H groups in total. The lowest BCUT2D eigenvalue weighted by atomic mass is 10.1. The molecule has 0 bridgehead atoms. The number of nitrogens with two attached hydrogens (primary N) is 1. The van der Waals surface area contributed by atoms with Crippen molar-refractivity contribution in [2.45, 2.75) is 19.2 Å². The smallest absolute Gasteiger partial charge is 0.252 e. The van der Waals surface area contributed by atoms with Gasteiger partial charge in [0.05, 0.1) is 18.2 Å². The van der Waals surface area contributed by atoms with Gasteiger partial charge in [-0.05, 0) is 35.4 Å². The summed E-state index contributed by atoms with van der Waals surface area (Å²) in [7, 11) is 0. The number of ether oxygens (including phenoxy) is 1. The molecule has 0 aliphatic heterocycles. The molecule has 33 heavy (non-hydrogen) atoms.